The van der Waals surface area contributed by atoms with Crippen LogP contribution in [0.4, 0.5) is 11.4 Å². The van der Waals surface area contributed by atoms with Crippen LogP contribution < -0.4 is 10.2 Å². The number of hydrogen-bond donors (Lipinski definition) is 1. The van der Waals surface area contributed by atoms with E-state index in [0.29, 0.717) is 17.4 Å². The van der Waals surface area contributed by atoms with E-state index < -0.39 is 18.0 Å². The minimum absolute atomic E-state index is 0.110. The first-order valence-electron chi connectivity index (χ1n) is 10.1. The van der Waals surface area contributed by atoms with Gasteiger partial charge in [-0.15, -0.1) is 0 Å². The zero-order valence-corrected chi connectivity index (χ0v) is 17.3. The molecule has 1 fully saturated rings. The van der Waals surface area contributed by atoms with Crippen LogP contribution in [-0.2, 0) is 19.1 Å². The number of para-hydroxylation sites is 2. The second-order valence-electron chi connectivity index (χ2n) is 7.83. The number of nitrogens with one attached hydrogen (secondary N) is 1. The van der Waals surface area contributed by atoms with Crippen LogP contribution in [0.5, 0.6) is 0 Å². The summed E-state index contributed by atoms with van der Waals surface area (Å²) in [6.45, 7) is 5.51. The number of aryl methyl sites for hydroxylation is 1. The maximum Gasteiger partial charge on any atom is 0.331 e. The van der Waals surface area contributed by atoms with Gasteiger partial charge in [0.1, 0.15) is 6.54 Å². The van der Waals surface area contributed by atoms with Crippen molar-refractivity contribution in [1.82, 2.24) is 4.57 Å². The summed E-state index contributed by atoms with van der Waals surface area (Å²) in [6.07, 6.45) is 4.45. The van der Waals surface area contributed by atoms with E-state index in [1.807, 2.05) is 6.92 Å². The van der Waals surface area contributed by atoms with Crippen molar-refractivity contribution in [3.05, 3.63) is 53.4 Å². The minimum atomic E-state index is -1.01. The Balaban J connectivity index is 1.43. The lowest BCUT2D eigenvalue weighted by Crippen LogP contribution is -2.46. The van der Waals surface area contributed by atoms with Crippen molar-refractivity contribution in [3.63, 3.8) is 0 Å². The maximum absolute atomic E-state index is 12.8. The summed E-state index contributed by atoms with van der Waals surface area (Å²) < 4.78 is 7.62. The fourth-order valence-corrected chi connectivity index (χ4v) is 3.94. The zero-order valence-electron chi connectivity index (χ0n) is 17.3. The Morgan fingerprint density at radius 1 is 1.23 bits per heavy atom. The normalized spacial score (nSPS) is 16.9. The number of benzene rings is 1. The number of hydrogen-bond acceptors (Lipinski definition) is 4. The highest BCUT2D eigenvalue weighted by molar-refractivity contribution is 6.11. The third-order valence-electron chi connectivity index (χ3n) is 5.51. The smallest absolute Gasteiger partial charge is 0.331 e. The zero-order chi connectivity index (χ0) is 21.4. The van der Waals surface area contributed by atoms with Gasteiger partial charge in [0.2, 0.25) is 5.91 Å². The molecule has 2 aromatic rings. The Kier molecular flexibility index (Phi) is 5.20. The summed E-state index contributed by atoms with van der Waals surface area (Å²) in [7, 11) is 0. The summed E-state index contributed by atoms with van der Waals surface area (Å²) in [6, 6.07) is 9.66. The molecule has 156 valence electrons. The van der Waals surface area contributed by atoms with Gasteiger partial charge in [-0.1, -0.05) is 12.1 Å². The van der Waals surface area contributed by atoms with Gasteiger partial charge in [-0.05, 0) is 63.5 Å². The average molecular weight is 407 g/mol. The largest absolute Gasteiger partial charge is 0.449 e. The average Bonchev–Trinajstić information content (AvgIpc) is 3.50. The van der Waals surface area contributed by atoms with Gasteiger partial charge in [0.05, 0.1) is 11.4 Å². The van der Waals surface area contributed by atoms with Gasteiger partial charge in [0, 0.05) is 23.5 Å². The highest BCUT2D eigenvalue weighted by Gasteiger charge is 2.31. The number of anilines is 2. The summed E-state index contributed by atoms with van der Waals surface area (Å²) >= 11 is 0. The quantitative estimate of drug-likeness (QED) is 0.609. The monoisotopic (exact) mass is 407 g/mol. The predicted octanol–water partition coefficient (Wildman–Crippen LogP) is 3.37. The van der Waals surface area contributed by atoms with Gasteiger partial charge >= 0.3 is 5.97 Å². The number of esters is 1. The number of rotatable bonds is 5. The highest BCUT2D eigenvalue weighted by atomic mass is 16.5. The number of fused-ring (bicyclic) bond motifs is 1. The molecule has 1 saturated carbocycles. The number of nitrogens with zero attached hydrogens (tertiary/aromatic N) is 2. The lowest BCUT2D eigenvalue weighted by Gasteiger charge is -2.30. The Hall–Kier alpha value is -3.35. The van der Waals surface area contributed by atoms with Gasteiger partial charge in [-0.3, -0.25) is 14.5 Å². The molecule has 1 N–H and O–H groups in total. The summed E-state index contributed by atoms with van der Waals surface area (Å²) in [4.78, 5) is 38.4. The van der Waals surface area contributed by atoms with Gasteiger partial charge in [0.15, 0.2) is 6.10 Å². The molecule has 0 bridgehead atoms. The van der Waals surface area contributed by atoms with Crippen molar-refractivity contribution in [2.45, 2.75) is 45.8 Å². The van der Waals surface area contributed by atoms with Crippen molar-refractivity contribution >= 4 is 35.2 Å². The van der Waals surface area contributed by atoms with Crippen molar-refractivity contribution in [2.24, 2.45) is 0 Å². The van der Waals surface area contributed by atoms with Gasteiger partial charge in [-0.2, -0.15) is 0 Å². The van der Waals surface area contributed by atoms with Crippen molar-refractivity contribution in [3.8, 4) is 0 Å². The molecule has 1 aliphatic carbocycles. The van der Waals surface area contributed by atoms with E-state index in [1.54, 1.807) is 30.3 Å². The van der Waals surface area contributed by atoms with Crippen LogP contribution in [0.1, 0.15) is 42.8 Å². The summed E-state index contributed by atoms with van der Waals surface area (Å²) in [5.74, 6) is -1.32. The van der Waals surface area contributed by atoms with E-state index in [0.717, 1.165) is 11.3 Å². The molecule has 0 radical (unpaired) electrons. The molecular formula is C23H25N3O4. The Morgan fingerprint density at radius 3 is 2.70 bits per heavy atom. The number of ether oxygens (including phenoxy) is 1. The minimum Gasteiger partial charge on any atom is -0.449 e. The van der Waals surface area contributed by atoms with Crippen LogP contribution in [0.15, 0.2) is 36.4 Å². The first-order valence-corrected chi connectivity index (χ1v) is 10.1. The third kappa shape index (κ3) is 3.87. The highest BCUT2D eigenvalue weighted by Crippen LogP contribution is 2.38. The van der Waals surface area contributed by atoms with Crippen molar-refractivity contribution in [1.29, 1.82) is 0 Å². The van der Waals surface area contributed by atoms with Crippen LogP contribution in [0.25, 0.3) is 6.08 Å². The number of carbonyl (C=O) groups excluding carboxylic acids is 3. The Labute approximate surface area is 175 Å². The first kappa shape index (κ1) is 19.9. The van der Waals surface area contributed by atoms with E-state index in [2.05, 4.69) is 22.9 Å². The molecule has 2 amide bonds. The lowest BCUT2D eigenvalue weighted by atomic mass is 10.1. The molecule has 0 saturated heterocycles. The molecule has 4 rings (SSSR count). The molecule has 7 heteroatoms. The second kappa shape index (κ2) is 7.82. The topological polar surface area (TPSA) is 80.6 Å². The van der Waals surface area contributed by atoms with Gasteiger partial charge in [-0.25, -0.2) is 4.79 Å². The maximum atomic E-state index is 12.8. The Bertz CT molecular complexity index is 1050. The van der Waals surface area contributed by atoms with E-state index >= 15 is 0 Å². The molecule has 7 nitrogen and oxygen atoms in total. The van der Waals surface area contributed by atoms with Crippen LogP contribution in [0, 0.1) is 13.8 Å². The van der Waals surface area contributed by atoms with E-state index in [4.69, 9.17) is 4.74 Å². The lowest BCUT2D eigenvalue weighted by molar-refractivity contribution is -0.149. The molecule has 1 aromatic heterocycles. The number of carbonyl (C=O) groups is 3. The number of amides is 2. The third-order valence-corrected chi connectivity index (χ3v) is 5.51. The van der Waals surface area contributed by atoms with Crippen LogP contribution in [-0.4, -0.2) is 35.0 Å². The van der Waals surface area contributed by atoms with Crippen LogP contribution in [0.3, 0.4) is 0 Å². The van der Waals surface area contributed by atoms with Crippen LogP contribution in [0.2, 0.25) is 0 Å². The van der Waals surface area contributed by atoms with E-state index in [9.17, 15) is 14.4 Å². The van der Waals surface area contributed by atoms with Crippen molar-refractivity contribution in [2.75, 3.05) is 16.8 Å². The van der Waals surface area contributed by atoms with Crippen LogP contribution >= 0.6 is 0 Å². The summed E-state index contributed by atoms with van der Waals surface area (Å²) in [5, 5.41) is 2.73. The van der Waals surface area contributed by atoms with Crippen molar-refractivity contribution < 1.29 is 19.1 Å². The first-order chi connectivity index (χ1) is 14.3. The molecule has 0 spiro atoms. The van der Waals surface area contributed by atoms with Gasteiger partial charge in [0.25, 0.3) is 5.91 Å². The number of aromatic nitrogens is 1. The van der Waals surface area contributed by atoms with E-state index in [1.165, 1.54) is 36.4 Å². The molecule has 2 aliphatic rings. The second-order valence-corrected chi connectivity index (χ2v) is 7.83. The molecule has 0 unspecified atom stereocenters. The van der Waals surface area contributed by atoms with E-state index in [-0.39, 0.29) is 12.5 Å². The molecular weight excluding hydrogens is 382 g/mol. The molecule has 1 aromatic carbocycles. The predicted molar refractivity (Wildman–Crippen MR) is 114 cm³/mol. The molecule has 1 aliphatic heterocycles. The standard InChI is InChI=1S/C23H25N3O4/c1-14-12-17(15(2)26(14)18-9-10-18)8-11-22(28)30-16(3)23(29)25-13-21(27)24-19-6-4-5-7-20(19)25/h4-8,11-12,16,18H,9-10,13H2,1-3H3,(H,24,27)/b11-8+/t16-/m1/s1. The fourth-order valence-electron chi connectivity index (χ4n) is 3.94. The fraction of sp³-hybridized carbons (Fsp3) is 0.348. The Morgan fingerprint density at radius 2 is 1.97 bits per heavy atom. The van der Waals surface area contributed by atoms with Gasteiger partial charge < -0.3 is 14.6 Å². The molecule has 2 heterocycles. The SMILES string of the molecule is Cc1cc(/C=C/C(=O)O[C@H](C)C(=O)N2CC(=O)Nc3ccccc32)c(C)n1C1CC1. The summed E-state index contributed by atoms with van der Waals surface area (Å²) in [5.41, 5.74) is 4.42. The molecule has 30 heavy (non-hydrogen) atoms. The molecule has 1 atom stereocenters.